The van der Waals surface area contributed by atoms with Gasteiger partial charge >= 0.3 is 6.03 Å². The molecule has 0 aromatic rings. The van der Waals surface area contributed by atoms with Crippen molar-refractivity contribution in [1.82, 2.24) is 10.6 Å². The number of carbonyl (C=O) groups is 3. The van der Waals surface area contributed by atoms with Crippen molar-refractivity contribution in [3.8, 4) is 0 Å². The quantitative estimate of drug-likeness (QED) is 0.441. The minimum Gasteiger partial charge on any atom is -0.352 e. The summed E-state index contributed by atoms with van der Waals surface area (Å²) in [6.07, 6.45) is 1.56. The molecule has 20 heavy (non-hydrogen) atoms. The van der Waals surface area contributed by atoms with Crippen molar-refractivity contribution in [2.75, 3.05) is 6.54 Å². The molecule has 0 aromatic heterocycles. The summed E-state index contributed by atoms with van der Waals surface area (Å²) in [4.78, 5) is 33.8. The molecule has 6 N–H and O–H groups in total. The van der Waals surface area contributed by atoms with Crippen LogP contribution in [0.15, 0.2) is 0 Å². The zero-order valence-electron chi connectivity index (χ0n) is 12.4. The molecule has 0 bridgehead atoms. The van der Waals surface area contributed by atoms with E-state index in [2.05, 4.69) is 10.6 Å². The van der Waals surface area contributed by atoms with E-state index in [4.69, 9.17) is 11.5 Å². The highest BCUT2D eigenvalue weighted by atomic mass is 16.2. The largest absolute Gasteiger partial charge is 0.352 e. The lowest BCUT2D eigenvalue weighted by atomic mass is 10.0. The lowest BCUT2D eigenvalue weighted by molar-refractivity contribution is -0.128. The first kappa shape index (κ1) is 18.4. The molecule has 0 fully saturated rings. The number of carbonyl (C=O) groups excluding carboxylic acids is 3. The fourth-order valence-corrected chi connectivity index (χ4v) is 1.79. The Morgan fingerprint density at radius 2 is 1.80 bits per heavy atom. The predicted octanol–water partition coefficient (Wildman–Crippen LogP) is -0.118. The fourth-order valence-electron chi connectivity index (χ4n) is 1.79. The van der Waals surface area contributed by atoms with Gasteiger partial charge < -0.3 is 22.1 Å². The smallest absolute Gasteiger partial charge is 0.312 e. The number of amides is 3. The second-order valence-corrected chi connectivity index (χ2v) is 5.34. The Bertz CT molecular complexity index is 345. The molecule has 0 saturated carbocycles. The van der Waals surface area contributed by atoms with E-state index < -0.39 is 18.1 Å². The molecule has 0 spiro atoms. The molecular weight excluding hydrogens is 260 g/mol. The molecular formula is C13H26N4O3. The lowest BCUT2D eigenvalue weighted by Gasteiger charge is -2.19. The Kier molecular flexibility index (Phi) is 8.54. The molecule has 2 atom stereocenters. The summed E-state index contributed by atoms with van der Waals surface area (Å²) in [5, 5.41) is 5.08. The topological polar surface area (TPSA) is 127 Å². The van der Waals surface area contributed by atoms with E-state index in [-0.39, 0.29) is 11.7 Å². The molecule has 0 aliphatic heterocycles. The summed E-state index contributed by atoms with van der Waals surface area (Å²) in [7, 11) is 0. The number of urea groups is 1. The van der Waals surface area contributed by atoms with Gasteiger partial charge in [0.05, 0.1) is 12.1 Å². The van der Waals surface area contributed by atoms with Crippen molar-refractivity contribution in [1.29, 1.82) is 0 Å². The highest BCUT2D eigenvalue weighted by molar-refractivity contribution is 5.89. The van der Waals surface area contributed by atoms with Gasteiger partial charge in [-0.25, -0.2) is 4.79 Å². The minimum absolute atomic E-state index is 0.130. The van der Waals surface area contributed by atoms with Crippen LogP contribution < -0.4 is 22.1 Å². The maximum Gasteiger partial charge on any atom is 0.312 e. The summed E-state index contributed by atoms with van der Waals surface area (Å²) in [5.41, 5.74) is 10.7. The van der Waals surface area contributed by atoms with Crippen LogP contribution in [-0.4, -0.2) is 36.3 Å². The highest BCUT2D eigenvalue weighted by Gasteiger charge is 2.21. The average Bonchev–Trinajstić information content (AvgIpc) is 2.31. The molecule has 0 heterocycles. The van der Waals surface area contributed by atoms with Gasteiger partial charge in [0.2, 0.25) is 5.91 Å². The first-order valence-corrected chi connectivity index (χ1v) is 6.83. The normalized spacial score (nSPS) is 13.7. The first-order chi connectivity index (χ1) is 9.23. The molecule has 0 aliphatic rings. The van der Waals surface area contributed by atoms with Crippen LogP contribution in [-0.2, 0) is 9.59 Å². The van der Waals surface area contributed by atoms with E-state index in [9.17, 15) is 14.4 Å². The number of hydrogen-bond donors (Lipinski definition) is 4. The molecule has 7 nitrogen and oxygen atoms in total. The summed E-state index contributed by atoms with van der Waals surface area (Å²) in [6.45, 7) is 5.74. The van der Waals surface area contributed by atoms with Crippen molar-refractivity contribution < 1.29 is 14.4 Å². The third kappa shape index (κ3) is 8.47. The van der Waals surface area contributed by atoms with Gasteiger partial charge in [0, 0.05) is 6.54 Å². The molecule has 116 valence electrons. The van der Waals surface area contributed by atoms with Gasteiger partial charge in [0.25, 0.3) is 0 Å². The Labute approximate surface area is 119 Å². The van der Waals surface area contributed by atoms with Gasteiger partial charge in [0.1, 0.15) is 0 Å². The van der Waals surface area contributed by atoms with Crippen LogP contribution >= 0.6 is 0 Å². The van der Waals surface area contributed by atoms with E-state index in [1.807, 2.05) is 13.8 Å². The number of nitrogens with one attached hydrogen (secondary N) is 2. The molecule has 0 aromatic carbocycles. The van der Waals surface area contributed by atoms with Crippen molar-refractivity contribution >= 4 is 17.7 Å². The predicted molar refractivity (Wildman–Crippen MR) is 76.9 cm³/mol. The minimum atomic E-state index is -0.611. The molecule has 0 saturated heterocycles. The Hall–Kier alpha value is -1.63. The zero-order valence-corrected chi connectivity index (χ0v) is 12.4. The van der Waals surface area contributed by atoms with E-state index in [0.717, 1.165) is 0 Å². The molecule has 3 amide bonds. The van der Waals surface area contributed by atoms with Crippen LogP contribution in [0.2, 0.25) is 0 Å². The number of rotatable bonds is 9. The summed E-state index contributed by atoms with van der Waals surface area (Å²) >= 11 is 0. The Balaban J connectivity index is 4.22. The average molecular weight is 286 g/mol. The SMILES string of the molecule is CC(=O)C(CCCNC(N)=O)NC(=O)C(N)CC(C)C. The van der Waals surface area contributed by atoms with Gasteiger partial charge in [0.15, 0.2) is 5.78 Å². The highest BCUT2D eigenvalue weighted by Crippen LogP contribution is 2.04. The van der Waals surface area contributed by atoms with Gasteiger partial charge in [-0.15, -0.1) is 0 Å². The van der Waals surface area contributed by atoms with Crippen LogP contribution in [0.3, 0.4) is 0 Å². The lowest BCUT2D eigenvalue weighted by Crippen LogP contribution is -2.48. The summed E-state index contributed by atoms with van der Waals surface area (Å²) in [6, 6.07) is -1.79. The first-order valence-electron chi connectivity index (χ1n) is 6.83. The maximum absolute atomic E-state index is 11.9. The van der Waals surface area contributed by atoms with Gasteiger partial charge in [-0.05, 0) is 32.1 Å². The molecule has 0 radical (unpaired) electrons. The third-order valence-electron chi connectivity index (χ3n) is 2.84. The van der Waals surface area contributed by atoms with Crippen molar-refractivity contribution in [2.45, 2.75) is 52.1 Å². The molecule has 7 heteroatoms. The standard InChI is InChI=1S/C13H26N4O3/c1-8(2)7-10(14)12(19)17-11(9(3)18)5-4-6-16-13(15)20/h8,10-11H,4-7,14H2,1-3H3,(H,17,19)(H3,15,16,20). The second kappa shape index (κ2) is 9.30. The Morgan fingerprint density at radius 3 is 2.25 bits per heavy atom. The second-order valence-electron chi connectivity index (χ2n) is 5.34. The number of nitrogens with two attached hydrogens (primary N) is 2. The van der Waals surface area contributed by atoms with Gasteiger partial charge in [-0.1, -0.05) is 13.8 Å². The number of primary amides is 1. The third-order valence-corrected chi connectivity index (χ3v) is 2.84. The van der Waals surface area contributed by atoms with Crippen molar-refractivity contribution in [2.24, 2.45) is 17.4 Å². The van der Waals surface area contributed by atoms with Crippen LogP contribution in [0.25, 0.3) is 0 Å². The van der Waals surface area contributed by atoms with Crippen molar-refractivity contribution in [3.05, 3.63) is 0 Å². The van der Waals surface area contributed by atoms with E-state index in [1.165, 1.54) is 6.92 Å². The summed E-state index contributed by atoms with van der Waals surface area (Å²) < 4.78 is 0. The van der Waals surface area contributed by atoms with E-state index >= 15 is 0 Å². The van der Waals surface area contributed by atoms with Crippen LogP contribution in [0, 0.1) is 5.92 Å². The molecule has 2 unspecified atom stereocenters. The Morgan fingerprint density at radius 1 is 1.20 bits per heavy atom. The molecule has 0 rings (SSSR count). The van der Waals surface area contributed by atoms with Crippen LogP contribution in [0.1, 0.15) is 40.0 Å². The van der Waals surface area contributed by atoms with E-state index in [0.29, 0.717) is 31.7 Å². The van der Waals surface area contributed by atoms with Crippen molar-refractivity contribution in [3.63, 3.8) is 0 Å². The van der Waals surface area contributed by atoms with E-state index in [1.54, 1.807) is 0 Å². The van der Waals surface area contributed by atoms with Crippen LogP contribution in [0.4, 0.5) is 4.79 Å². The number of Topliss-reactive ketones (excluding diaryl/α,β-unsaturated/α-hetero) is 1. The number of hydrogen-bond acceptors (Lipinski definition) is 4. The van der Waals surface area contributed by atoms with Crippen LogP contribution in [0.5, 0.6) is 0 Å². The number of ketones is 1. The maximum atomic E-state index is 11.9. The zero-order chi connectivity index (χ0) is 15.7. The monoisotopic (exact) mass is 286 g/mol. The summed E-state index contributed by atoms with van der Waals surface area (Å²) in [5.74, 6) is -0.137. The molecule has 0 aliphatic carbocycles. The fraction of sp³-hybridized carbons (Fsp3) is 0.769. The van der Waals surface area contributed by atoms with Gasteiger partial charge in [-0.2, -0.15) is 0 Å². The van der Waals surface area contributed by atoms with Gasteiger partial charge in [-0.3, -0.25) is 9.59 Å².